The molecule has 2 atom stereocenters. The highest BCUT2D eigenvalue weighted by Gasteiger charge is 2.28. The van der Waals surface area contributed by atoms with E-state index in [1.807, 2.05) is 19.9 Å². The lowest BCUT2D eigenvalue weighted by Gasteiger charge is -2.27. The molecule has 0 aliphatic heterocycles. The number of fused-ring (bicyclic) bond motifs is 1. The third-order valence-electron chi connectivity index (χ3n) is 4.71. The molecule has 0 bridgehead atoms. The SMILES string of the molecule is CC(C)Nc1nc(C#N)cc2cnc(NC(=O)[C@H]3CCC[C@@H](NC(=O)O)C3)nc12. The van der Waals surface area contributed by atoms with Gasteiger partial charge in [-0.1, -0.05) is 6.42 Å². The number of nitrogens with one attached hydrogen (secondary N) is 3. The van der Waals surface area contributed by atoms with Crippen LogP contribution in [0.5, 0.6) is 0 Å². The van der Waals surface area contributed by atoms with Crippen molar-refractivity contribution >= 4 is 34.7 Å². The molecule has 0 radical (unpaired) electrons. The average molecular weight is 397 g/mol. The second-order valence-electron chi connectivity index (χ2n) is 7.40. The summed E-state index contributed by atoms with van der Waals surface area (Å²) >= 11 is 0. The van der Waals surface area contributed by atoms with Crippen LogP contribution in [-0.2, 0) is 4.79 Å². The largest absolute Gasteiger partial charge is 0.465 e. The number of pyridine rings is 1. The highest BCUT2D eigenvalue weighted by Crippen LogP contribution is 2.26. The number of hydrogen-bond donors (Lipinski definition) is 4. The number of rotatable bonds is 5. The van der Waals surface area contributed by atoms with Gasteiger partial charge in [-0.15, -0.1) is 0 Å². The molecule has 2 aromatic rings. The minimum absolute atomic E-state index is 0.0774. The smallest absolute Gasteiger partial charge is 0.404 e. The predicted molar refractivity (Wildman–Crippen MR) is 106 cm³/mol. The number of carbonyl (C=O) groups excluding carboxylic acids is 1. The first-order valence-electron chi connectivity index (χ1n) is 9.50. The molecule has 10 nitrogen and oxygen atoms in total. The Morgan fingerprint density at radius 3 is 2.79 bits per heavy atom. The van der Waals surface area contributed by atoms with E-state index in [-0.39, 0.29) is 35.6 Å². The van der Waals surface area contributed by atoms with Gasteiger partial charge in [-0.05, 0) is 39.2 Å². The van der Waals surface area contributed by atoms with Crippen LogP contribution in [0.3, 0.4) is 0 Å². The molecule has 2 heterocycles. The van der Waals surface area contributed by atoms with Gasteiger partial charge in [-0.25, -0.2) is 19.7 Å². The van der Waals surface area contributed by atoms with E-state index in [1.54, 1.807) is 12.3 Å². The summed E-state index contributed by atoms with van der Waals surface area (Å²) in [7, 11) is 0. The van der Waals surface area contributed by atoms with Crippen molar-refractivity contribution in [3.63, 3.8) is 0 Å². The van der Waals surface area contributed by atoms with E-state index in [1.165, 1.54) is 0 Å². The summed E-state index contributed by atoms with van der Waals surface area (Å²) in [4.78, 5) is 36.4. The van der Waals surface area contributed by atoms with Crippen LogP contribution in [0.1, 0.15) is 45.2 Å². The molecule has 1 fully saturated rings. The molecular formula is C19H23N7O3. The highest BCUT2D eigenvalue weighted by atomic mass is 16.4. The zero-order chi connectivity index (χ0) is 21.0. The number of anilines is 2. The van der Waals surface area contributed by atoms with E-state index < -0.39 is 6.09 Å². The van der Waals surface area contributed by atoms with E-state index >= 15 is 0 Å². The molecule has 0 spiro atoms. The Balaban J connectivity index is 1.80. The van der Waals surface area contributed by atoms with E-state index in [9.17, 15) is 9.59 Å². The van der Waals surface area contributed by atoms with Crippen LogP contribution >= 0.6 is 0 Å². The van der Waals surface area contributed by atoms with Gasteiger partial charge in [0.05, 0.1) is 0 Å². The molecule has 1 aliphatic carbocycles. The number of nitrogens with zero attached hydrogens (tertiary/aromatic N) is 4. The topological polar surface area (TPSA) is 153 Å². The molecule has 0 aromatic carbocycles. The van der Waals surface area contributed by atoms with Gasteiger partial charge in [0, 0.05) is 29.6 Å². The van der Waals surface area contributed by atoms with Crippen LogP contribution in [0.15, 0.2) is 12.3 Å². The maximum absolute atomic E-state index is 12.7. The standard InChI is InChI=1S/C19H23N7O3/c1-10(2)22-16-15-12(7-14(8-20)23-16)9-21-18(25-15)26-17(27)11-4-3-5-13(6-11)24-19(28)29/h7,9-11,13,24H,3-6H2,1-2H3,(H,22,23)(H,28,29)(H,21,25,26,27)/t11-,13+/m0/s1. The lowest BCUT2D eigenvalue weighted by atomic mass is 9.85. The highest BCUT2D eigenvalue weighted by molar-refractivity contribution is 5.94. The zero-order valence-electron chi connectivity index (χ0n) is 16.3. The van der Waals surface area contributed by atoms with E-state index in [4.69, 9.17) is 10.4 Å². The first-order valence-corrected chi connectivity index (χ1v) is 9.50. The number of carboxylic acid groups (broad SMARTS) is 1. The van der Waals surface area contributed by atoms with Crippen LogP contribution in [-0.4, -0.2) is 44.1 Å². The third kappa shape index (κ3) is 5.07. The maximum atomic E-state index is 12.7. The van der Waals surface area contributed by atoms with Gasteiger partial charge in [0.25, 0.3) is 0 Å². The average Bonchev–Trinajstić information content (AvgIpc) is 2.67. The van der Waals surface area contributed by atoms with Gasteiger partial charge in [0.15, 0.2) is 5.82 Å². The van der Waals surface area contributed by atoms with Crippen molar-refractivity contribution in [2.45, 2.75) is 51.6 Å². The second kappa shape index (κ2) is 8.68. The Hall–Kier alpha value is -3.48. The van der Waals surface area contributed by atoms with Gasteiger partial charge in [-0.3, -0.25) is 10.1 Å². The molecule has 4 N–H and O–H groups in total. The minimum atomic E-state index is -1.08. The van der Waals surface area contributed by atoms with Crippen molar-refractivity contribution in [3.8, 4) is 6.07 Å². The number of hydrogen-bond acceptors (Lipinski definition) is 7. The van der Waals surface area contributed by atoms with E-state index in [2.05, 4.69) is 30.9 Å². The van der Waals surface area contributed by atoms with Crippen LogP contribution in [0, 0.1) is 17.2 Å². The minimum Gasteiger partial charge on any atom is -0.465 e. The first-order chi connectivity index (χ1) is 13.9. The molecule has 3 rings (SSSR count). The molecule has 152 valence electrons. The Morgan fingerprint density at radius 2 is 2.10 bits per heavy atom. The molecule has 1 aliphatic rings. The molecule has 2 aromatic heterocycles. The van der Waals surface area contributed by atoms with Gasteiger partial charge >= 0.3 is 6.09 Å². The van der Waals surface area contributed by atoms with E-state index in [0.717, 1.165) is 12.8 Å². The number of carbonyl (C=O) groups is 2. The summed E-state index contributed by atoms with van der Waals surface area (Å²) in [6.45, 7) is 3.89. The Kier molecular flexibility index (Phi) is 6.07. The first kappa shape index (κ1) is 20.3. The fourth-order valence-corrected chi connectivity index (χ4v) is 3.48. The van der Waals surface area contributed by atoms with Crippen molar-refractivity contribution in [3.05, 3.63) is 18.0 Å². The maximum Gasteiger partial charge on any atom is 0.404 e. The summed E-state index contributed by atoms with van der Waals surface area (Å²) in [6, 6.07) is 3.45. The summed E-state index contributed by atoms with van der Waals surface area (Å²) in [5.74, 6) is 0.0536. The van der Waals surface area contributed by atoms with Gasteiger partial charge in [0.2, 0.25) is 11.9 Å². The normalized spacial score (nSPS) is 18.8. The molecular weight excluding hydrogens is 374 g/mol. The van der Waals surface area contributed by atoms with Crippen molar-refractivity contribution < 1.29 is 14.7 Å². The zero-order valence-corrected chi connectivity index (χ0v) is 16.3. The molecule has 10 heteroatoms. The predicted octanol–water partition coefficient (Wildman–Crippen LogP) is 2.48. The summed E-state index contributed by atoms with van der Waals surface area (Å²) in [5, 5.41) is 27.0. The number of nitriles is 1. The number of amides is 2. The quantitative estimate of drug-likeness (QED) is 0.600. The van der Waals surface area contributed by atoms with Crippen LogP contribution < -0.4 is 16.0 Å². The molecule has 29 heavy (non-hydrogen) atoms. The summed E-state index contributed by atoms with van der Waals surface area (Å²) < 4.78 is 0. The Bertz CT molecular complexity index is 970. The lowest BCUT2D eigenvalue weighted by molar-refractivity contribution is -0.121. The second-order valence-corrected chi connectivity index (χ2v) is 7.40. The Morgan fingerprint density at radius 1 is 1.31 bits per heavy atom. The summed E-state index contributed by atoms with van der Waals surface area (Å²) in [6.07, 6.45) is 3.08. The fourth-order valence-electron chi connectivity index (χ4n) is 3.48. The Labute approximate surface area is 167 Å². The fraction of sp³-hybridized carbons (Fsp3) is 0.474. The van der Waals surface area contributed by atoms with Gasteiger partial charge < -0.3 is 15.7 Å². The van der Waals surface area contributed by atoms with Crippen LogP contribution in [0.4, 0.5) is 16.6 Å². The van der Waals surface area contributed by atoms with Crippen molar-refractivity contribution in [1.82, 2.24) is 20.3 Å². The monoisotopic (exact) mass is 397 g/mol. The van der Waals surface area contributed by atoms with Gasteiger partial charge in [-0.2, -0.15) is 5.26 Å². The van der Waals surface area contributed by atoms with Gasteiger partial charge in [0.1, 0.15) is 17.3 Å². The lowest BCUT2D eigenvalue weighted by Crippen LogP contribution is -2.40. The van der Waals surface area contributed by atoms with Crippen molar-refractivity contribution in [1.29, 1.82) is 5.26 Å². The van der Waals surface area contributed by atoms with Crippen LogP contribution in [0.2, 0.25) is 0 Å². The van der Waals surface area contributed by atoms with Crippen molar-refractivity contribution in [2.75, 3.05) is 10.6 Å². The van der Waals surface area contributed by atoms with E-state index in [0.29, 0.717) is 29.6 Å². The van der Waals surface area contributed by atoms with Crippen molar-refractivity contribution in [2.24, 2.45) is 5.92 Å². The molecule has 0 saturated heterocycles. The van der Waals surface area contributed by atoms with Crippen LogP contribution in [0.25, 0.3) is 10.9 Å². The molecule has 2 amide bonds. The third-order valence-corrected chi connectivity index (χ3v) is 4.71. The molecule has 0 unspecified atom stereocenters. The molecule has 1 saturated carbocycles. The summed E-state index contributed by atoms with van der Waals surface area (Å²) in [5.41, 5.74) is 0.761. The number of aromatic nitrogens is 3.